The Labute approximate surface area is 138 Å². The molecular weight excluding hydrogens is 318 g/mol. The molecule has 132 valence electrons. The van der Waals surface area contributed by atoms with E-state index < -0.39 is 23.6 Å². The first kappa shape index (κ1) is 20.2. The maximum Gasteiger partial charge on any atom is 0.349 e. The Morgan fingerprint density at radius 3 is 2.50 bits per heavy atom. The third kappa shape index (κ3) is 5.10. The molecule has 0 N–H and O–H groups in total. The van der Waals surface area contributed by atoms with E-state index in [1.807, 2.05) is 0 Å². The summed E-state index contributed by atoms with van der Waals surface area (Å²) in [5.41, 5.74) is -0.585. The van der Waals surface area contributed by atoms with Crippen LogP contribution in [0.5, 0.6) is 0 Å². The second-order valence-electron chi connectivity index (χ2n) is 5.86. The largest absolute Gasteiger partial charge is 0.397 e. The van der Waals surface area contributed by atoms with Crippen molar-refractivity contribution in [3.63, 3.8) is 0 Å². The summed E-state index contributed by atoms with van der Waals surface area (Å²) in [6.07, 6.45) is 2.97. The molecule has 1 aliphatic heterocycles. The third-order valence-corrected chi connectivity index (χ3v) is 8.83. The van der Waals surface area contributed by atoms with Gasteiger partial charge in [0.05, 0.1) is 12.7 Å². The van der Waals surface area contributed by atoms with Gasteiger partial charge in [-0.2, -0.15) is 0 Å². The van der Waals surface area contributed by atoms with Crippen LogP contribution in [-0.4, -0.2) is 81.9 Å². The maximum atomic E-state index is 6.22. The molecule has 1 fully saturated rings. The zero-order valence-corrected chi connectivity index (χ0v) is 17.4. The average Bonchev–Trinajstić information content (AvgIpc) is 2.54. The summed E-state index contributed by atoms with van der Waals surface area (Å²) in [4.78, 5) is 2.26. The van der Waals surface area contributed by atoms with Crippen molar-refractivity contribution in [2.75, 3.05) is 47.3 Å². The van der Waals surface area contributed by atoms with Crippen LogP contribution in [0.1, 0.15) is 19.8 Å². The fraction of sp³-hybridized carbons (Fsp3) is 1.00. The molecule has 6 nitrogen and oxygen atoms in total. The van der Waals surface area contributed by atoms with Crippen molar-refractivity contribution in [2.45, 2.75) is 44.5 Å². The van der Waals surface area contributed by atoms with E-state index in [0.717, 1.165) is 32.2 Å². The lowest BCUT2D eigenvalue weighted by atomic mass is 10.3. The van der Waals surface area contributed by atoms with E-state index in [1.54, 1.807) is 21.3 Å². The van der Waals surface area contributed by atoms with Gasteiger partial charge < -0.3 is 23.1 Å². The van der Waals surface area contributed by atoms with Crippen LogP contribution in [0.25, 0.3) is 0 Å². The standard InChI is InChI=1S/C14H33NO5Si2/c1-7-8-9-19-11-13-10-15(12-22(6,18-4)20-13)14(16-2,17-3)21-5/h13H,7-12,21H2,1-6H3. The molecule has 0 aromatic carbocycles. The smallest absolute Gasteiger partial charge is 0.349 e. The van der Waals surface area contributed by atoms with E-state index in [-0.39, 0.29) is 6.10 Å². The minimum absolute atomic E-state index is 0.00690. The molecule has 2 atom stereocenters. The molecule has 0 amide bonds. The topological polar surface area (TPSA) is 49.4 Å². The Kier molecular flexibility index (Phi) is 8.72. The van der Waals surface area contributed by atoms with Crippen molar-refractivity contribution in [1.29, 1.82) is 0 Å². The zero-order chi connectivity index (χ0) is 16.6. The van der Waals surface area contributed by atoms with Crippen LogP contribution >= 0.6 is 0 Å². The molecule has 0 aromatic rings. The van der Waals surface area contributed by atoms with Gasteiger partial charge in [0.2, 0.25) is 0 Å². The van der Waals surface area contributed by atoms with E-state index in [2.05, 4.69) is 24.9 Å². The number of hydrogen-bond donors (Lipinski definition) is 0. The van der Waals surface area contributed by atoms with Gasteiger partial charge in [-0.05, 0) is 13.0 Å². The lowest BCUT2D eigenvalue weighted by molar-refractivity contribution is -0.245. The van der Waals surface area contributed by atoms with Crippen LogP contribution in [0, 0.1) is 0 Å². The lowest BCUT2D eigenvalue weighted by Crippen LogP contribution is -2.68. The van der Waals surface area contributed by atoms with E-state index in [4.69, 9.17) is 23.1 Å². The monoisotopic (exact) mass is 351 g/mol. The van der Waals surface area contributed by atoms with Crippen LogP contribution in [0.4, 0.5) is 0 Å². The highest BCUT2D eigenvalue weighted by Gasteiger charge is 2.48. The first-order valence-electron chi connectivity index (χ1n) is 8.15. The second-order valence-corrected chi connectivity index (χ2v) is 10.7. The molecule has 0 saturated carbocycles. The van der Waals surface area contributed by atoms with Crippen molar-refractivity contribution < 1.29 is 23.1 Å². The summed E-state index contributed by atoms with van der Waals surface area (Å²) in [5.74, 6) is 0. The van der Waals surface area contributed by atoms with Crippen molar-refractivity contribution in [3.05, 3.63) is 0 Å². The first-order chi connectivity index (χ1) is 10.5. The van der Waals surface area contributed by atoms with E-state index in [0.29, 0.717) is 6.61 Å². The van der Waals surface area contributed by atoms with Crippen molar-refractivity contribution in [3.8, 4) is 0 Å². The SMILES string of the molecule is CCCCOCC1CN(C(OC)(OC)[SiH2]C)C[Si](C)(OC)O1. The first-order valence-corrected chi connectivity index (χ1v) is 12.8. The van der Waals surface area contributed by atoms with Gasteiger partial charge in [-0.1, -0.05) is 19.9 Å². The van der Waals surface area contributed by atoms with Crippen LogP contribution < -0.4 is 0 Å². The fourth-order valence-electron chi connectivity index (χ4n) is 2.86. The van der Waals surface area contributed by atoms with Crippen LogP contribution in [0.3, 0.4) is 0 Å². The van der Waals surface area contributed by atoms with Crippen molar-refractivity contribution in [1.82, 2.24) is 4.90 Å². The summed E-state index contributed by atoms with van der Waals surface area (Å²) in [6.45, 7) is 8.57. The van der Waals surface area contributed by atoms with Crippen molar-refractivity contribution in [2.24, 2.45) is 0 Å². The predicted molar refractivity (Wildman–Crippen MR) is 92.0 cm³/mol. The Hall–Kier alpha value is 0.194. The van der Waals surface area contributed by atoms with Crippen LogP contribution in [0.2, 0.25) is 13.1 Å². The number of ether oxygens (including phenoxy) is 3. The molecule has 0 aromatic heterocycles. The number of rotatable bonds is 10. The van der Waals surface area contributed by atoms with E-state index in [1.165, 1.54) is 0 Å². The normalized spacial score (nSPS) is 27.8. The summed E-state index contributed by atoms with van der Waals surface area (Å²) in [6, 6.07) is 0. The summed E-state index contributed by atoms with van der Waals surface area (Å²) >= 11 is 0. The summed E-state index contributed by atoms with van der Waals surface area (Å²) in [7, 11) is 2.33. The highest BCUT2D eigenvalue weighted by Crippen LogP contribution is 2.26. The molecule has 22 heavy (non-hydrogen) atoms. The predicted octanol–water partition coefficient (Wildman–Crippen LogP) is 0.882. The number of methoxy groups -OCH3 is 2. The second kappa shape index (κ2) is 9.48. The van der Waals surface area contributed by atoms with Gasteiger partial charge >= 0.3 is 8.56 Å². The Morgan fingerprint density at radius 1 is 1.32 bits per heavy atom. The van der Waals surface area contributed by atoms with Gasteiger partial charge in [-0.25, -0.2) is 0 Å². The zero-order valence-electron chi connectivity index (χ0n) is 15.0. The summed E-state index contributed by atoms with van der Waals surface area (Å²) < 4.78 is 29.2. The molecule has 8 heteroatoms. The van der Waals surface area contributed by atoms with Gasteiger partial charge in [0.15, 0.2) is 5.53 Å². The van der Waals surface area contributed by atoms with Crippen molar-refractivity contribution >= 4 is 18.1 Å². The highest BCUT2D eigenvalue weighted by molar-refractivity contribution is 6.66. The van der Waals surface area contributed by atoms with Gasteiger partial charge in [-0.3, -0.25) is 4.90 Å². The minimum atomic E-state index is -2.26. The highest BCUT2D eigenvalue weighted by atomic mass is 28.4. The molecule has 1 rings (SSSR count). The molecule has 0 aliphatic carbocycles. The molecule has 1 heterocycles. The van der Waals surface area contributed by atoms with E-state index in [9.17, 15) is 0 Å². The quantitative estimate of drug-likeness (QED) is 0.331. The lowest BCUT2D eigenvalue weighted by Gasteiger charge is -2.49. The van der Waals surface area contributed by atoms with Crippen LogP contribution in [0.15, 0.2) is 0 Å². The average molecular weight is 352 g/mol. The molecular formula is C14H33NO5Si2. The molecule has 0 bridgehead atoms. The number of hydrogen-bond acceptors (Lipinski definition) is 6. The van der Waals surface area contributed by atoms with E-state index >= 15 is 0 Å². The third-order valence-electron chi connectivity index (χ3n) is 4.26. The minimum Gasteiger partial charge on any atom is -0.397 e. The fourth-order valence-corrected chi connectivity index (χ4v) is 6.56. The van der Waals surface area contributed by atoms with Gasteiger partial charge in [0.25, 0.3) is 0 Å². The Morgan fingerprint density at radius 2 is 2.00 bits per heavy atom. The molecule has 1 aliphatic rings. The Balaban J connectivity index is 2.76. The molecule has 1 saturated heterocycles. The van der Waals surface area contributed by atoms with Gasteiger partial charge in [-0.15, -0.1) is 0 Å². The molecule has 2 unspecified atom stereocenters. The van der Waals surface area contributed by atoms with Gasteiger partial charge in [0.1, 0.15) is 9.52 Å². The molecule has 0 spiro atoms. The Bertz CT molecular complexity index is 311. The summed E-state index contributed by atoms with van der Waals surface area (Å²) in [5, 5.41) is 0. The number of nitrogens with zero attached hydrogens (tertiary/aromatic N) is 1. The number of unbranched alkanes of at least 4 members (excludes halogenated alkanes) is 1. The van der Waals surface area contributed by atoms with Crippen LogP contribution in [-0.2, 0) is 23.1 Å². The molecule has 0 radical (unpaired) electrons. The maximum absolute atomic E-state index is 6.22. The van der Waals surface area contributed by atoms with Gasteiger partial charge in [0, 0.05) is 40.6 Å².